The topological polar surface area (TPSA) is 65.2 Å². The van der Waals surface area contributed by atoms with Crippen LogP contribution in [0.2, 0.25) is 0 Å². The van der Waals surface area contributed by atoms with E-state index >= 15 is 0 Å². The van der Waals surface area contributed by atoms with Crippen molar-refractivity contribution in [3.63, 3.8) is 0 Å². The fraction of sp³-hybridized carbons (Fsp3) is 0.714. The highest BCUT2D eigenvalue weighted by Crippen LogP contribution is 2.29. The van der Waals surface area contributed by atoms with Crippen LogP contribution in [0.15, 0.2) is 5.38 Å². The van der Waals surface area contributed by atoms with Crippen LogP contribution >= 0.6 is 11.3 Å². The smallest absolute Gasteiger partial charge is 0.358 e. The summed E-state index contributed by atoms with van der Waals surface area (Å²) in [6.45, 7) is 2.76. The van der Waals surface area contributed by atoms with Crippen LogP contribution in [-0.2, 0) is 11.2 Å². The zero-order valence-electron chi connectivity index (χ0n) is 11.4. The summed E-state index contributed by atoms with van der Waals surface area (Å²) in [5, 5.41) is 2.68. The SMILES string of the molecule is CCC1CCCC(OC(=O)c2csc(CCN)n2)C1. The zero-order valence-corrected chi connectivity index (χ0v) is 12.2. The van der Waals surface area contributed by atoms with Gasteiger partial charge in [0.05, 0.1) is 5.01 Å². The van der Waals surface area contributed by atoms with Crippen LogP contribution < -0.4 is 5.73 Å². The number of ether oxygens (including phenoxy) is 1. The summed E-state index contributed by atoms with van der Waals surface area (Å²) in [7, 11) is 0. The number of thiazole rings is 1. The van der Waals surface area contributed by atoms with Gasteiger partial charge in [-0.15, -0.1) is 11.3 Å². The largest absolute Gasteiger partial charge is 0.458 e. The molecular formula is C14H22N2O2S. The van der Waals surface area contributed by atoms with Gasteiger partial charge in [0.25, 0.3) is 0 Å². The lowest BCUT2D eigenvalue weighted by molar-refractivity contribution is 0.0134. The van der Waals surface area contributed by atoms with Gasteiger partial charge in [-0.05, 0) is 31.7 Å². The maximum absolute atomic E-state index is 12.0. The minimum Gasteiger partial charge on any atom is -0.458 e. The highest BCUT2D eigenvalue weighted by Gasteiger charge is 2.25. The van der Waals surface area contributed by atoms with Gasteiger partial charge >= 0.3 is 5.97 Å². The van der Waals surface area contributed by atoms with Crippen LogP contribution in [0, 0.1) is 5.92 Å². The van der Waals surface area contributed by atoms with Gasteiger partial charge in [0.1, 0.15) is 6.10 Å². The minimum atomic E-state index is -0.277. The van der Waals surface area contributed by atoms with Crippen molar-refractivity contribution in [3.8, 4) is 0 Å². The molecule has 1 aliphatic rings. The van der Waals surface area contributed by atoms with Crippen LogP contribution in [0.3, 0.4) is 0 Å². The van der Waals surface area contributed by atoms with Gasteiger partial charge in [0.15, 0.2) is 5.69 Å². The van der Waals surface area contributed by atoms with Gasteiger partial charge in [-0.2, -0.15) is 0 Å². The predicted molar refractivity (Wildman–Crippen MR) is 76.3 cm³/mol. The molecule has 5 heteroatoms. The van der Waals surface area contributed by atoms with E-state index in [1.54, 1.807) is 5.38 Å². The van der Waals surface area contributed by atoms with Crippen LogP contribution in [0.4, 0.5) is 0 Å². The molecule has 0 aliphatic heterocycles. The van der Waals surface area contributed by atoms with E-state index in [2.05, 4.69) is 11.9 Å². The van der Waals surface area contributed by atoms with Crippen molar-refractivity contribution in [1.82, 2.24) is 4.98 Å². The number of nitrogens with two attached hydrogens (primary N) is 1. The molecule has 0 radical (unpaired) electrons. The van der Waals surface area contributed by atoms with Crippen molar-refractivity contribution < 1.29 is 9.53 Å². The molecule has 2 N–H and O–H groups in total. The molecule has 0 bridgehead atoms. The third-order valence-corrected chi connectivity index (χ3v) is 4.61. The Morgan fingerprint density at radius 3 is 3.16 bits per heavy atom. The highest BCUT2D eigenvalue weighted by molar-refractivity contribution is 7.09. The average molecular weight is 282 g/mol. The number of hydrogen-bond acceptors (Lipinski definition) is 5. The first-order chi connectivity index (χ1) is 9.22. The number of carbonyl (C=O) groups is 1. The van der Waals surface area contributed by atoms with Gasteiger partial charge in [0, 0.05) is 11.8 Å². The molecule has 0 spiro atoms. The van der Waals surface area contributed by atoms with Crippen molar-refractivity contribution in [2.45, 2.75) is 51.6 Å². The van der Waals surface area contributed by atoms with E-state index in [1.165, 1.54) is 24.2 Å². The second-order valence-corrected chi connectivity index (χ2v) is 6.08. The minimum absolute atomic E-state index is 0.0749. The summed E-state index contributed by atoms with van der Waals surface area (Å²) in [5.41, 5.74) is 5.91. The average Bonchev–Trinajstić information content (AvgIpc) is 2.88. The third kappa shape index (κ3) is 4.01. The molecule has 1 heterocycles. The van der Waals surface area contributed by atoms with E-state index in [9.17, 15) is 4.79 Å². The fourth-order valence-electron chi connectivity index (χ4n) is 2.57. The van der Waals surface area contributed by atoms with Crippen molar-refractivity contribution in [2.24, 2.45) is 11.7 Å². The summed E-state index contributed by atoms with van der Waals surface area (Å²) in [6, 6.07) is 0. The van der Waals surface area contributed by atoms with Crippen LogP contribution in [0.5, 0.6) is 0 Å². The number of esters is 1. The fourth-order valence-corrected chi connectivity index (χ4v) is 3.36. The summed E-state index contributed by atoms with van der Waals surface area (Å²) in [5.74, 6) is 0.427. The maximum Gasteiger partial charge on any atom is 0.358 e. The van der Waals surface area contributed by atoms with Crippen LogP contribution in [0.1, 0.15) is 54.5 Å². The Morgan fingerprint density at radius 2 is 2.42 bits per heavy atom. The predicted octanol–water partition coefficient (Wildman–Crippen LogP) is 2.77. The molecule has 2 unspecified atom stereocenters. The van der Waals surface area contributed by atoms with Gasteiger partial charge in [-0.25, -0.2) is 9.78 Å². The molecule has 1 aromatic rings. The van der Waals surface area contributed by atoms with Gasteiger partial charge < -0.3 is 10.5 Å². The number of hydrogen-bond donors (Lipinski definition) is 1. The Labute approximate surface area is 118 Å². The molecule has 1 saturated carbocycles. The zero-order chi connectivity index (χ0) is 13.7. The molecule has 0 amide bonds. The van der Waals surface area contributed by atoms with Crippen molar-refractivity contribution >= 4 is 17.3 Å². The summed E-state index contributed by atoms with van der Waals surface area (Å²) in [6.07, 6.45) is 6.38. The Hall–Kier alpha value is -0.940. The third-order valence-electron chi connectivity index (χ3n) is 3.70. The van der Waals surface area contributed by atoms with E-state index in [4.69, 9.17) is 10.5 Å². The van der Waals surface area contributed by atoms with Crippen LogP contribution in [-0.4, -0.2) is 23.6 Å². The molecular weight excluding hydrogens is 260 g/mol. The Bertz CT molecular complexity index is 419. The molecule has 4 nitrogen and oxygen atoms in total. The highest BCUT2D eigenvalue weighted by atomic mass is 32.1. The van der Waals surface area contributed by atoms with E-state index in [-0.39, 0.29) is 12.1 Å². The monoisotopic (exact) mass is 282 g/mol. The first-order valence-electron chi connectivity index (χ1n) is 7.08. The Morgan fingerprint density at radius 1 is 1.58 bits per heavy atom. The molecule has 2 rings (SSSR count). The van der Waals surface area contributed by atoms with E-state index in [1.807, 2.05) is 0 Å². The number of rotatable bonds is 5. The molecule has 0 saturated heterocycles. The van der Waals surface area contributed by atoms with Crippen molar-refractivity contribution in [3.05, 3.63) is 16.1 Å². The second-order valence-electron chi connectivity index (χ2n) is 5.13. The van der Waals surface area contributed by atoms with Gasteiger partial charge in [0.2, 0.25) is 0 Å². The second kappa shape index (κ2) is 7.01. The molecule has 1 aliphatic carbocycles. The lowest BCUT2D eigenvalue weighted by atomic mass is 9.85. The van der Waals surface area contributed by atoms with Crippen LogP contribution in [0.25, 0.3) is 0 Å². The lowest BCUT2D eigenvalue weighted by Crippen LogP contribution is -2.25. The molecule has 2 atom stereocenters. The van der Waals surface area contributed by atoms with Crippen molar-refractivity contribution in [2.75, 3.05) is 6.54 Å². The summed E-state index contributed by atoms with van der Waals surface area (Å²) >= 11 is 1.48. The van der Waals surface area contributed by atoms with Crippen molar-refractivity contribution in [1.29, 1.82) is 0 Å². The number of carbonyl (C=O) groups excluding carboxylic acids is 1. The number of aromatic nitrogens is 1. The molecule has 1 aromatic heterocycles. The van der Waals surface area contributed by atoms with Gasteiger partial charge in [-0.1, -0.05) is 19.8 Å². The first-order valence-corrected chi connectivity index (χ1v) is 7.96. The maximum atomic E-state index is 12.0. The molecule has 1 fully saturated rings. The Balaban J connectivity index is 1.88. The Kier molecular flexibility index (Phi) is 5.34. The normalized spacial score (nSPS) is 23.3. The first kappa shape index (κ1) is 14.5. The number of nitrogens with zero attached hydrogens (tertiary/aromatic N) is 1. The standard InChI is InChI=1S/C14H22N2O2S/c1-2-10-4-3-5-11(8-10)18-14(17)12-9-19-13(16-12)6-7-15/h9-11H,2-8,15H2,1H3. The van der Waals surface area contributed by atoms with Gasteiger partial charge in [-0.3, -0.25) is 0 Å². The van der Waals surface area contributed by atoms with E-state index < -0.39 is 0 Å². The summed E-state index contributed by atoms with van der Waals surface area (Å²) in [4.78, 5) is 16.3. The quantitative estimate of drug-likeness (QED) is 0.843. The molecule has 0 aromatic carbocycles. The molecule has 106 valence electrons. The summed E-state index contributed by atoms with van der Waals surface area (Å²) < 4.78 is 5.57. The van der Waals surface area contributed by atoms with E-state index in [0.29, 0.717) is 18.2 Å². The lowest BCUT2D eigenvalue weighted by Gasteiger charge is -2.27. The van der Waals surface area contributed by atoms with E-state index in [0.717, 1.165) is 30.7 Å². The molecule has 19 heavy (non-hydrogen) atoms.